The molecule has 156 valence electrons. The van der Waals surface area contributed by atoms with Crippen molar-refractivity contribution in [3.63, 3.8) is 0 Å². The van der Waals surface area contributed by atoms with Crippen molar-refractivity contribution >= 4 is 21.4 Å². The van der Waals surface area contributed by atoms with Crippen LogP contribution < -0.4 is 4.90 Å². The van der Waals surface area contributed by atoms with Crippen LogP contribution in [0.5, 0.6) is 5.75 Å². The van der Waals surface area contributed by atoms with Crippen molar-refractivity contribution in [3.8, 4) is 5.75 Å². The number of anilines is 1. The van der Waals surface area contributed by atoms with E-state index in [4.69, 9.17) is 4.42 Å². The Kier molecular flexibility index (Phi) is 5.50. The molecule has 4 rings (SSSR count). The maximum absolute atomic E-state index is 12.8. The van der Waals surface area contributed by atoms with Gasteiger partial charge in [0.25, 0.3) is 5.91 Å². The van der Waals surface area contributed by atoms with E-state index in [1.54, 1.807) is 35.2 Å². The van der Waals surface area contributed by atoms with E-state index in [0.717, 1.165) is 5.69 Å². The Morgan fingerprint density at radius 3 is 2.27 bits per heavy atom. The summed E-state index contributed by atoms with van der Waals surface area (Å²) in [7, 11) is -3.54. The molecule has 1 aliphatic rings. The second-order valence-electron chi connectivity index (χ2n) is 7.11. The number of amides is 1. The number of hydrogen-bond acceptors (Lipinski definition) is 6. The SMILES string of the molecule is O=C(c1ccc(CS(=O)(=O)c2ccccc2)o1)N1CCN(c2ccccc2O)CC1. The summed E-state index contributed by atoms with van der Waals surface area (Å²) >= 11 is 0. The lowest BCUT2D eigenvalue weighted by molar-refractivity contribution is 0.0713. The largest absolute Gasteiger partial charge is 0.506 e. The average molecular weight is 426 g/mol. The van der Waals surface area contributed by atoms with Crippen LogP contribution in [-0.2, 0) is 15.6 Å². The van der Waals surface area contributed by atoms with E-state index in [-0.39, 0.29) is 33.8 Å². The molecule has 1 amide bonds. The van der Waals surface area contributed by atoms with E-state index in [1.807, 2.05) is 17.0 Å². The fraction of sp³-hybridized carbons (Fsp3) is 0.227. The number of rotatable bonds is 5. The molecule has 2 heterocycles. The predicted octanol–water partition coefficient (Wildman–Crippen LogP) is 2.92. The average Bonchev–Trinajstić information content (AvgIpc) is 3.22. The number of phenols is 1. The number of hydrogen-bond donors (Lipinski definition) is 1. The van der Waals surface area contributed by atoms with Crippen molar-refractivity contribution in [1.82, 2.24) is 4.90 Å². The van der Waals surface area contributed by atoms with Crippen LogP contribution in [-0.4, -0.2) is 50.5 Å². The summed E-state index contributed by atoms with van der Waals surface area (Å²) in [6.45, 7) is 2.12. The lowest BCUT2D eigenvalue weighted by Crippen LogP contribution is -2.48. The van der Waals surface area contributed by atoms with Crippen molar-refractivity contribution in [2.45, 2.75) is 10.6 Å². The summed E-state index contributed by atoms with van der Waals surface area (Å²) in [5.74, 6) is 0.00734. The molecule has 0 unspecified atom stereocenters. The molecular formula is C22H22N2O5S. The summed E-state index contributed by atoms with van der Waals surface area (Å²) in [5.41, 5.74) is 0.746. The number of nitrogens with zero attached hydrogens (tertiary/aromatic N) is 2. The Morgan fingerprint density at radius 1 is 0.900 bits per heavy atom. The maximum Gasteiger partial charge on any atom is 0.289 e. The van der Waals surface area contributed by atoms with Gasteiger partial charge in [-0.25, -0.2) is 8.42 Å². The highest BCUT2D eigenvalue weighted by Crippen LogP contribution is 2.27. The first kappa shape index (κ1) is 20.0. The van der Waals surface area contributed by atoms with Crippen molar-refractivity contribution in [2.75, 3.05) is 31.1 Å². The van der Waals surface area contributed by atoms with Crippen LogP contribution in [0, 0.1) is 0 Å². The Morgan fingerprint density at radius 2 is 1.57 bits per heavy atom. The Hall–Kier alpha value is -3.26. The molecule has 0 atom stereocenters. The van der Waals surface area contributed by atoms with Gasteiger partial charge < -0.3 is 19.3 Å². The summed E-state index contributed by atoms with van der Waals surface area (Å²) in [4.78, 5) is 16.7. The summed E-state index contributed by atoms with van der Waals surface area (Å²) in [6.07, 6.45) is 0. The first-order valence-corrected chi connectivity index (χ1v) is 11.3. The van der Waals surface area contributed by atoms with Gasteiger partial charge in [-0.3, -0.25) is 4.79 Å². The second-order valence-corrected chi connectivity index (χ2v) is 9.10. The topological polar surface area (TPSA) is 91.1 Å². The van der Waals surface area contributed by atoms with E-state index in [2.05, 4.69) is 0 Å². The molecule has 1 aliphatic heterocycles. The number of carbonyl (C=O) groups is 1. The molecule has 0 spiro atoms. The standard InChI is InChI=1S/C22H22N2O5S/c25-20-9-5-4-8-19(20)23-12-14-24(15-13-23)22(26)21-11-10-17(29-21)16-30(27,28)18-6-2-1-3-7-18/h1-11,25H,12-16H2. The monoisotopic (exact) mass is 426 g/mol. The van der Waals surface area contributed by atoms with E-state index in [0.29, 0.717) is 26.2 Å². The molecule has 0 bridgehead atoms. The van der Waals surface area contributed by atoms with Gasteiger partial charge in [0, 0.05) is 26.2 Å². The minimum absolute atomic E-state index is 0.129. The number of aromatic hydroxyl groups is 1. The molecule has 3 aromatic rings. The van der Waals surface area contributed by atoms with Crippen LogP contribution in [0.15, 0.2) is 76.0 Å². The summed E-state index contributed by atoms with van der Waals surface area (Å²) < 4.78 is 30.6. The lowest BCUT2D eigenvalue weighted by atomic mass is 10.2. The fourth-order valence-corrected chi connectivity index (χ4v) is 4.77. The molecule has 0 radical (unpaired) electrons. The van der Waals surface area contributed by atoms with E-state index in [9.17, 15) is 18.3 Å². The molecule has 1 fully saturated rings. The van der Waals surface area contributed by atoms with Crippen LogP contribution in [0.4, 0.5) is 5.69 Å². The minimum Gasteiger partial charge on any atom is -0.506 e. The lowest BCUT2D eigenvalue weighted by Gasteiger charge is -2.35. The molecule has 30 heavy (non-hydrogen) atoms. The zero-order valence-electron chi connectivity index (χ0n) is 16.3. The molecule has 7 nitrogen and oxygen atoms in total. The van der Waals surface area contributed by atoms with Crippen molar-refractivity contribution < 1.29 is 22.7 Å². The molecule has 1 N–H and O–H groups in total. The van der Waals surface area contributed by atoms with Crippen molar-refractivity contribution in [3.05, 3.63) is 78.3 Å². The highest BCUT2D eigenvalue weighted by Gasteiger charge is 2.26. The van der Waals surface area contributed by atoms with Gasteiger partial charge >= 0.3 is 0 Å². The zero-order chi connectivity index (χ0) is 21.1. The van der Waals surface area contributed by atoms with Gasteiger partial charge in [0.05, 0.1) is 10.6 Å². The highest BCUT2D eigenvalue weighted by atomic mass is 32.2. The van der Waals surface area contributed by atoms with Crippen LogP contribution in [0.2, 0.25) is 0 Å². The van der Waals surface area contributed by atoms with E-state index in [1.165, 1.54) is 24.3 Å². The van der Waals surface area contributed by atoms with Gasteiger partial charge in [-0.1, -0.05) is 30.3 Å². The number of carbonyl (C=O) groups excluding carboxylic acids is 1. The third-order valence-corrected chi connectivity index (χ3v) is 6.75. The second kappa shape index (κ2) is 8.23. The third kappa shape index (κ3) is 4.18. The predicted molar refractivity (Wildman–Crippen MR) is 112 cm³/mol. The van der Waals surface area contributed by atoms with Crippen molar-refractivity contribution in [1.29, 1.82) is 0 Å². The third-order valence-electron chi connectivity index (χ3n) is 5.10. The molecule has 0 saturated carbocycles. The summed E-state index contributed by atoms with van der Waals surface area (Å²) in [6, 6.07) is 18.3. The normalized spacial score (nSPS) is 14.7. The van der Waals surface area contributed by atoms with Gasteiger partial charge in [0.1, 0.15) is 17.3 Å². The van der Waals surface area contributed by atoms with Gasteiger partial charge in [-0.05, 0) is 36.4 Å². The first-order chi connectivity index (χ1) is 14.4. The first-order valence-electron chi connectivity index (χ1n) is 9.63. The Balaban J connectivity index is 1.40. The number of furan rings is 1. The molecule has 8 heteroatoms. The van der Waals surface area contributed by atoms with Crippen LogP contribution in [0.1, 0.15) is 16.3 Å². The maximum atomic E-state index is 12.8. The molecular weight excluding hydrogens is 404 g/mol. The molecule has 1 saturated heterocycles. The van der Waals surface area contributed by atoms with Crippen LogP contribution in [0.3, 0.4) is 0 Å². The van der Waals surface area contributed by atoms with E-state index < -0.39 is 9.84 Å². The number of sulfone groups is 1. The molecule has 2 aromatic carbocycles. The van der Waals surface area contributed by atoms with Crippen LogP contribution in [0.25, 0.3) is 0 Å². The number of benzene rings is 2. The Bertz CT molecular complexity index is 1130. The number of phenolic OH excluding ortho intramolecular Hbond substituents is 1. The molecule has 1 aromatic heterocycles. The fourth-order valence-electron chi connectivity index (χ4n) is 3.51. The summed E-state index contributed by atoms with van der Waals surface area (Å²) in [5, 5.41) is 10.0. The number of para-hydroxylation sites is 2. The number of piperazine rings is 1. The van der Waals surface area contributed by atoms with Gasteiger partial charge in [0.2, 0.25) is 0 Å². The Labute approximate surface area is 175 Å². The van der Waals surface area contributed by atoms with Gasteiger partial charge in [-0.2, -0.15) is 0 Å². The minimum atomic E-state index is -3.54. The quantitative estimate of drug-likeness (QED) is 0.675. The van der Waals surface area contributed by atoms with Crippen LogP contribution >= 0.6 is 0 Å². The van der Waals surface area contributed by atoms with Gasteiger partial charge in [0.15, 0.2) is 15.6 Å². The zero-order valence-corrected chi connectivity index (χ0v) is 17.1. The highest BCUT2D eigenvalue weighted by molar-refractivity contribution is 7.90. The van der Waals surface area contributed by atoms with Gasteiger partial charge in [-0.15, -0.1) is 0 Å². The van der Waals surface area contributed by atoms with Crippen molar-refractivity contribution in [2.24, 2.45) is 0 Å². The molecule has 0 aliphatic carbocycles. The smallest absolute Gasteiger partial charge is 0.289 e. The van der Waals surface area contributed by atoms with E-state index >= 15 is 0 Å².